The molecule has 1 N–H and O–H groups in total. The van der Waals surface area contributed by atoms with E-state index in [2.05, 4.69) is 24.1 Å². The monoisotopic (exact) mass is 252 g/mol. The zero-order valence-corrected chi connectivity index (χ0v) is 12.0. The van der Waals surface area contributed by atoms with Crippen molar-refractivity contribution in [2.45, 2.75) is 76.2 Å². The van der Waals surface area contributed by atoms with Crippen molar-refractivity contribution in [1.29, 1.82) is 0 Å². The number of nitrogens with one attached hydrogen (secondary N) is 1. The lowest BCUT2D eigenvalue weighted by molar-refractivity contribution is -0.0300. The highest BCUT2D eigenvalue weighted by Crippen LogP contribution is 2.31. The second kappa shape index (κ2) is 5.10. The zero-order chi connectivity index (χ0) is 12.6. The number of likely N-dealkylation sites (tertiary alicyclic amines) is 1. The summed E-state index contributed by atoms with van der Waals surface area (Å²) in [4.78, 5) is 2.67. The standard InChI is InChI=1S/C15H28N2O/c1-15(2)8-7-14(18-15)11-17-9-3-4-13(17)10-16-12-5-6-12/h12-14,16H,3-11H2,1-2H3. The van der Waals surface area contributed by atoms with Gasteiger partial charge < -0.3 is 10.1 Å². The average molecular weight is 252 g/mol. The van der Waals surface area contributed by atoms with E-state index in [1.165, 1.54) is 51.6 Å². The van der Waals surface area contributed by atoms with Crippen LogP contribution >= 0.6 is 0 Å². The van der Waals surface area contributed by atoms with Crippen molar-refractivity contribution in [3.63, 3.8) is 0 Å². The van der Waals surface area contributed by atoms with Crippen LogP contribution in [-0.4, -0.2) is 48.3 Å². The summed E-state index contributed by atoms with van der Waals surface area (Å²) in [5.74, 6) is 0. The zero-order valence-electron chi connectivity index (χ0n) is 12.0. The molecule has 0 spiro atoms. The van der Waals surface area contributed by atoms with E-state index in [1.54, 1.807) is 0 Å². The summed E-state index contributed by atoms with van der Waals surface area (Å²) in [7, 11) is 0. The Morgan fingerprint density at radius 2 is 2.06 bits per heavy atom. The lowest BCUT2D eigenvalue weighted by atomic mass is 10.1. The Bertz CT molecular complexity index is 288. The second-order valence-corrected chi connectivity index (χ2v) is 7.01. The van der Waals surface area contributed by atoms with Crippen molar-refractivity contribution in [2.75, 3.05) is 19.6 Å². The lowest BCUT2D eigenvalue weighted by Gasteiger charge is -2.28. The summed E-state index contributed by atoms with van der Waals surface area (Å²) in [5.41, 5.74) is 0.117. The van der Waals surface area contributed by atoms with E-state index in [-0.39, 0.29) is 5.60 Å². The molecule has 0 aromatic carbocycles. The maximum atomic E-state index is 6.13. The van der Waals surface area contributed by atoms with Gasteiger partial charge >= 0.3 is 0 Å². The molecule has 3 heteroatoms. The van der Waals surface area contributed by atoms with Gasteiger partial charge in [0.25, 0.3) is 0 Å². The quantitative estimate of drug-likeness (QED) is 0.811. The molecule has 0 aromatic rings. The van der Waals surface area contributed by atoms with Crippen molar-refractivity contribution >= 4 is 0 Å². The van der Waals surface area contributed by atoms with Gasteiger partial charge in [0.05, 0.1) is 11.7 Å². The van der Waals surface area contributed by atoms with E-state index in [0.717, 1.165) is 18.6 Å². The van der Waals surface area contributed by atoms with Gasteiger partial charge in [0.15, 0.2) is 0 Å². The molecule has 0 amide bonds. The van der Waals surface area contributed by atoms with E-state index >= 15 is 0 Å². The number of ether oxygens (including phenoxy) is 1. The summed E-state index contributed by atoms with van der Waals surface area (Å²) in [5, 5.41) is 3.69. The summed E-state index contributed by atoms with van der Waals surface area (Å²) in [6.45, 7) is 8.07. The summed E-state index contributed by atoms with van der Waals surface area (Å²) in [6, 6.07) is 1.60. The Morgan fingerprint density at radius 1 is 1.22 bits per heavy atom. The third kappa shape index (κ3) is 3.25. The Balaban J connectivity index is 1.45. The molecular weight excluding hydrogens is 224 g/mol. The Labute approximate surface area is 111 Å². The van der Waals surface area contributed by atoms with Crippen molar-refractivity contribution in [3.05, 3.63) is 0 Å². The van der Waals surface area contributed by atoms with Gasteiger partial charge in [0.1, 0.15) is 0 Å². The van der Waals surface area contributed by atoms with Crippen LogP contribution in [0.3, 0.4) is 0 Å². The van der Waals surface area contributed by atoms with Crippen molar-refractivity contribution < 1.29 is 4.74 Å². The van der Waals surface area contributed by atoms with Crippen molar-refractivity contribution in [1.82, 2.24) is 10.2 Å². The molecule has 2 unspecified atom stereocenters. The van der Waals surface area contributed by atoms with E-state index in [4.69, 9.17) is 4.74 Å². The van der Waals surface area contributed by atoms with E-state index in [1.807, 2.05) is 0 Å². The van der Waals surface area contributed by atoms with Gasteiger partial charge in [0, 0.05) is 25.2 Å². The predicted octanol–water partition coefficient (Wildman–Crippen LogP) is 2.16. The molecule has 0 radical (unpaired) electrons. The fourth-order valence-electron chi connectivity index (χ4n) is 3.42. The number of nitrogens with zero attached hydrogens (tertiary/aromatic N) is 1. The maximum Gasteiger partial charge on any atom is 0.0710 e. The molecule has 3 rings (SSSR count). The van der Waals surface area contributed by atoms with Crippen molar-refractivity contribution in [3.8, 4) is 0 Å². The molecule has 1 saturated carbocycles. The van der Waals surface area contributed by atoms with Crippen LogP contribution in [0.25, 0.3) is 0 Å². The molecule has 18 heavy (non-hydrogen) atoms. The summed E-state index contributed by atoms with van der Waals surface area (Å²) >= 11 is 0. The minimum absolute atomic E-state index is 0.117. The van der Waals surface area contributed by atoms with Gasteiger partial charge in [0.2, 0.25) is 0 Å². The molecule has 0 bridgehead atoms. The first-order valence-electron chi connectivity index (χ1n) is 7.78. The van der Waals surface area contributed by atoms with Crippen LogP contribution < -0.4 is 5.32 Å². The minimum Gasteiger partial charge on any atom is -0.371 e. The molecule has 3 nitrogen and oxygen atoms in total. The first kappa shape index (κ1) is 12.9. The van der Waals surface area contributed by atoms with Crippen molar-refractivity contribution in [2.24, 2.45) is 0 Å². The van der Waals surface area contributed by atoms with E-state index < -0.39 is 0 Å². The molecule has 2 heterocycles. The fourth-order valence-corrected chi connectivity index (χ4v) is 3.42. The van der Waals surface area contributed by atoms with Crippen LogP contribution in [0.5, 0.6) is 0 Å². The first-order valence-corrected chi connectivity index (χ1v) is 7.78. The molecule has 1 aliphatic carbocycles. The molecular formula is C15H28N2O. The summed E-state index contributed by atoms with van der Waals surface area (Å²) in [6.07, 6.45) is 8.46. The lowest BCUT2D eigenvalue weighted by Crippen LogP contribution is -2.42. The smallest absolute Gasteiger partial charge is 0.0710 e. The second-order valence-electron chi connectivity index (χ2n) is 7.01. The van der Waals surface area contributed by atoms with Gasteiger partial charge in [-0.1, -0.05) is 0 Å². The molecule has 2 aliphatic heterocycles. The number of hydrogen-bond donors (Lipinski definition) is 1. The highest BCUT2D eigenvalue weighted by atomic mass is 16.5. The van der Waals surface area contributed by atoms with E-state index in [9.17, 15) is 0 Å². The van der Waals surface area contributed by atoms with Gasteiger partial charge in [-0.05, 0) is 58.9 Å². The molecule has 0 aromatic heterocycles. The van der Waals surface area contributed by atoms with Crippen LogP contribution in [0.1, 0.15) is 52.4 Å². The Kier molecular flexibility index (Phi) is 3.65. The van der Waals surface area contributed by atoms with E-state index in [0.29, 0.717) is 6.10 Å². The first-order chi connectivity index (χ1) is 8.62. The third-order valence-electron chi connectivity index (χ3n) is 4.71. The van der Waals surface area contributed by atoms with Crippen LogP contribution in [-0.2, 0) is 4.74 Å². The maximum absolute atomic E-state index is 6.13. The van der Waals surface area contributed by atoms with Gasteiger partial charge in [-0.2, -0.15) is 0 Å². The molecule has 2 saturated heterocycles. The molecule has 3 aliphatic rings. The molecule has 104 valence electrons. The largest absolute Gasteiger partial charge is 0.371 e. The minimum atomic E-state index is 0.117. The Hall–Kier alpha value is -0.120. The normalized spacial score (nSPS) is 36.3. The fraction of sp³-hybridized carbons (Fsp3) is 1.00. The summed E-state index contributed by atoms with van der Waals surface area (Å²) < 4.78 is 6.13. The van der Waals surface area contributed by atoms with Crippen LogP contribution in [0, 0.1) is 0 Å². The Morgan fingerprint density at radius 3 is 2.72 bits per heavy atom. The molecule has 2 atom stereocenters. The SMILES string of the molecule is CC1(C)CCC(CN2CCCC2CNC2CC2)O1. The number of rotatable bonds is 5. The molecule has 3 fully saturated rings. The predicted molar refractivity (Wildman–Crippen MR) is 73.8 cm³/mol. The van der Waals surface area contributed by atoms with Crippen LogP contribution in [0.2, 0.25) is 0 Å². The van der Waals surface area contributed by atoms with Gasteiger partial charge in [-0.15, -0.1) is 0 Å². The van der Waals surface area contributed by atoms with Crippen LogP contribution in [0.4, 0.5) is 0 Å². The topological polar surface area (TPSA) is 24.5 Å². The highest BCUT2D eigenvalue weighted by Gasteiger charge is 2.35. The van der Waals surface area contributed by atoms with Crippen LogP contribution in [0.15, 0.2) is 0 Å². The van der Waals surface area contributed by atoms with Gasteiger partial charge in [-0.3, -0.25) is 4.90 Å². The third-order valence-corrected chi connectivity index (χ3v) is 4.71. The highest BCUT2D eigenvalue weighted by molar-refractivity contribution is 4.89. The average Bonchev–Trinajstić information content (AvgIpc) is 2.94. The van der Waals surface area contributed by atoms with Gasteiger partial charge in [-0.25, -0.2) is 0 Å². The number of hydrogen-bond acceptors (Lipinski definition) is 3.